The fourth-order valence-electron chi connectivity index (χ4n) is 4.54. The summed E-state index contributed by atoms with van der Waals surface area (Å²) >= 11 is 0. The molecule has 1 saturated heterocycles. The Morgan fingerprint density at radius 1 is 1.19 bits per heavy atom. The van der Waals surface area contributed by atoms with Gasteiger partial charge in [-0.2, -0.15) is 0 Å². The largest absolute Gasteiger partial charge is 0.480 e. The summed E-state index contributed by atoms with van der Waals surface area (Å²) in [4.78, 5) is 38.8. The lowest BCUT2D eigenvalue weighted by Crippen LogP contribution is -2.55. The van der Waals surface area contributed by atoms with E-state index in [1.807, 2.05) is 13.8 Å². The standard InChI is InChI=1S/C20H34N2O5/c1-5-27-20(26)15(10-12(2)3)21-13(4)18(23)22-16-9-7-6-8-14(16)11-17(22)19(24)25/h12-17,21H,5-11H2,1-4H3,(H,24,25)/t13-,14-,15-,16-,17-/m0/s1. The van der Waals surface area contributed by atoms with Gasteiger partial charge >= 0.3 is 11.9 Å². The predicted octanol–water partition coefficient (Wildman–Crippen LogP) is 2.19. The number of hydrogen-bond donors (Lipinski definition) is 2. The number of carboxylic acids is 1. The van der Waals surface area contributed by atoms with Crippen molar-refractivity contribution >= 4 is 17.8 Å². The molecular weight excluding hydrogens is 348 g/mol. The van der Waals surface area contributed by atoms with Crippen molar-refractivity contribution in [1.82, 2.24) is 10.2 Å². The van der Waals surface area contributed by atoms with E-state index in [1.165, 1.54) is 0 Å². The first-order chi connectivity index (χ1) is 12.8. The van der Waals surface area contributed by atoms with E-state index in [9.17, 15) is 19.5 Å². The van der Waals surface area contributed by atoms with E-state index in [0.717, 1.165) is 25.7 Å². The van der Waals surface area contributed by atoms with Gasteiger partial charge < -0.3 is 14.7 Å². The number of carbonyl (C=O) groups excluding carboxylic acids is 2. The van der Waals surface area contributed by atoms with E-state index >= 15 is 0 Å². The minimum atomic E-state index is -0.936. The lowest BCUT2D eigenvalue weighted by Gasteiger charge is -2.35. The number of aliphatic carboxylic acids is 1. The fraction of sp³-hybridized carbons (Fsp3) is 0.850. The summed E-state index contributed by atoms with van der Waals surface area (Å²) in [6, 6.07) is -1.97. The number of nitrogens with one attached hydrogen (secondary N) is 1. The average Bonchev–Trinajstić information content (AvgIpc) is 3.00. The van der Waals surface area contributed by atoms with Crippen molar-refractivity contribution < 1.29 is 24.2 Å². The van der Waals surface area contributed by atoms with Crippen molar-refractivity contribution in [2.45, 2.75) is 90.4 Å². The van der Waals surface area contributed by atoms with E-state index in [1.54, 1.807) is 18.7 Å². The number of fused-ring (bicyclic) bond motifs is 1. The second-order valence-corrected chi connectivity index (χ2v) is 8.27. The van der Waals surface area contributed by atoms with Crippen LogP contribution in [0.2, 0.25) is 0 Å². The number of likely N-dealkylation sites (tertiary alicyclic amines) is 1. The maximum absolute atomic E-state index is 13.2. The van der Waals surface area contributed by atoms with Crippen molar-refractivity contribution in [3.05, 3.63) is 0 Å². The van der Waals surface area contributed by atoms with Gasteiger partial charge in [0.2, 0.25) is 5.91 Å². The molecule has 2 rings (SSSR count). The second kappa shape index (κ2) is 9.53. The maximum Gasteiger partial charge on any atom is 0.326 e. The minimum Gasteiger partial charge on any atom is -0.480 e. The van der Waals surface area contributed by atoms with E-state index in [2.05, 4.69) is 5.32 Å². The molecule has 2 aliphatic rings. The number of hydrogen-bond acceptors (Lipinski definition) is 5. The highest BCUT2D eigenvalue weighted by atomic mass is 16.5. The molecule has 0 radical (unpaired) electrons. The average molecular weight is 383 g/mol. The summed E-state index contributed by atoms with van der Waals surface area (Å²) < 4.78 is 5.14. The first kappa shape index (κ1) is 21.7. The summed E-state index contributed by atoms with van der Waals surface area (Å²) in [6.45, 7) is 7.77. The number of carbonyl (C=O) groups is 3. The molecule has 0 aromatic rings. The second-order valence-electron chi connectivity index (χ2n) is 8.27. The van der Waals surface area contributed by atoms with E-state index in [0.29, 0.717) is 12.8 Å². The van der Waals surface area contributed by atoms with E-state index < -0.39 is 24.1 Å². The van der Waals surface area contributed by atoms with Gasteiger partial charge in [0.05, 0.1) is 12.6 Å². The van der Waals surface area contributed by atoms with Crippen LogP contribution in [0.5, 0.6) is 0 Å². The van der Waals surface area contributed by atoms with Crippen LogP contribution < -0.4 is 5.32 Å². The summed E-state index contributed by atoms with van der Waals surface area (Å²) in [5.41, 5.74) is 0. The molecule has 5 atom stereocenters. The van der Waals surface area contributed by atoms with Crippen LogP contribution in [-0.2, 0) is 19.1 Å². The Hall–Kier alpha value is -1.63. The molecule has 1 amide bonds. The summed E-state index contributed by atoms with van der Waals surface area (Å²) in [5, 5.41) is 12.7. The van der Waals surface area contributed by atoms with Crippen molar-refractivity contribution in [3.63, 3.8) is 0 Å². The Kier molecular flexibility index (Phi) is 7.65. The molecule has 1 aliphatic heterocycles. The van der Waals surface area contributed by atoms with Gasteiger partial charge in [-0.15, -0.1) is 0 Å². The first-order valence-electron chi connectivity index (χ1n) is 10.2. The quantitative estimate of drug-likeness (QED) is 0.625. The number of nitrogens with zero attached hydrogens (tertiary/aromatic N) is 1. The van der Waals surface area contributed by atoms with Gasteiger partial charge in [-0.3, -0.25) is 14.9 Å². The van der Waals surface area contributed by atoms with Crippen LogP contribution in [-0.4, -0.2) is 58.6 Å². The van der Waals surface area contributed by atoms with Crippen LogP contribution in [0.1, 0.15) is 66.2 Å². The predicted molar refractivity (Wildman–Crippen MR) is 101 cm³/mol. The van der Waals surface area contributed by atoms with Gasteiger partial charge in [-0.1, -0.05) is 26.7 Å². The van der Waals surface area contributed by atoms with Crippen molar-refractivity contribution in [3.8, 4) is 0 Å². The summed E-state index contributed by atoms with van der Waals surface area (Å²) in [6.07, 6.45) is 5.07. The molecule has 0 bridgehead atoms. The number of rotatable bonds is 8. The Labute approximate surface area is 161 Å². The molecule has 7 nitrogen and oxygen atoms in total. The molecule has 7 heteroatoms. The van der Waals surface area contributed by atoms with Crippen LogP contribution in [0.15, 0.2) is 0 Å². The lowest BCUT2D eigenvalue weighted by molar-refractivity contribution is -0.152. The third kappa shape index (κ3) is 5.21. The number of carboxylic acid groups (broad SMARTS) is 1. The molecule has 1 aliphatic carbocycles. The lowest BCUT2D eigenvalue weighted by atomic mass is 9.84. The molecule has 154 valence electrons. The molecule has 0 spiro atoms. The molecule has 27 heavy (non-hydrogen) atoms. The normalized spacial score (nSPS) is 27.1. The Morgan fingerprint density at radius 3 is 2.44 bits per heavy atom. The van der Waals surface area contributed by atoms with Gasteiger partial charge in [0.25, 0.3) is 0 Å². The smallest absolute Gasteiger partial charge is 0.326 e. The molecule has 0 aromatic carbocycles. The molecular formula is C20H34N2O5. The summed E-state index contributed by atoms with van der Waals surface area (Å²) in [7, 11) is 0. The third-order valence-electron chi connectivity index (χ3n) is 5.73. The fourth-order valence-corrected chi connectivity index (χ4v) is 4.54. The van der Waals surface area contributed by atoms with Gasteiger partial charge in [0.15, 0.2) is 0 Å². The Morgan fingerprint density at radius 2 is 1.85 bits per heavy atom. The van der Waals surface area contributed by atoms with E-state index in [-0.39, 0.29) is 36.4 Å². The van der Waals surface area contributed by atoms with Crippen LogP contribution in [0.4, 0.5) is 0 Å². The summed E-state index contributed by atoms with van der Waals surface area (Å²) in [5.74, 6) is -0.996. The highest BCUT2D eigenvalue weighted by Gasteiger charge is 2.48. The van der Waals surface area contributed by atoms with Crippen LogP contribution in [0.3, 0.4) is 0 Å². The first-order valence-corrected chi connectivity index (χ1v) is 10.2. The van der Waals surface area contributed by atoms with Crippen molar-refractivity contribution in [1.29, 1.82) is 0 Å². The zero-order chi connectivity index (χ0) is 20.1. The molecule has 2 N–H and O–H groups in total. The molecule has 0 aromatic heterocycles. The van der Waals surface area contributed by atoms with Crippen molar-refractivity contribution in [2.75, 3.05) is 6.61 Å². The maximum atomic E-state index is 13.2. The van der Waals surface area contributed by atoms with Gasteiger partial charge in [-0.25, -0.2) is 4.79 Å². The Bertz CT molecular complexity index is 550. The van der Waals surface area contributed by atoms with Crippen LogP contribution in [0, 0.1) is 11.8 Å². The van der Waals surface area contributed by atoms with Gasteiger partial charge in [0.1, 0.15) is 12.1 Å². The number of amides is 1. The number of esters is 1. The van der Waals surface area contributed by atoms with E-state index in [4.69, 9.17) is 4.74 Å². The molecule has 2 fully saturated rings. The topological polar surface area (TPSA) is 95.9 Å². The molecule has 1 heterocycles. The van der Waals surface area contributed by atoms with Gasteiger partial charge in [0, 0.05) is 6.04 Å². The SMILES string of the molecule is CCOC(=O)[C@H](CC(C)C)N[C@@H](C)C(=O)N1[C@H](C(=O)O)C[C@@H]2CCCC[C@@H]21. The monoisotopic (exact) mass is 382 g/mol. The molecule has 0 unspecified atom stereocenters. The van der Waals surface area contributed by atoms with Crippen LogP contribution in [0.25, 0.3) is 0 Å². The van der Waals surface area contributed by atoms with Crippen molar-refractivity contribution in [2.24, 2.45) is 11.8 Å². The molecule has 1 saturated carbocycles. The minimum absolute atomic E-state index is 0.00254. The number of ether oxygens (including phenoxy) is 1. The third-order valence-corrected chi connectivity index (χ3v) is 5.73. The van der Waals surface area contributed by atoms with Crippen LogP contribution >= 0.6 is 0 Å². The highest BCUT2D eigenvalue weighted by Crippen LogP contribution is 2.40. The van der Waals surface area contributed by atoms with Gasteiger partial charge in [-0.05, 0) is 51.4 Å². The Balaban J connectivity index is 2.12. The zero-order valence-electron chi connectivity index (χ0n) is 16.9. The highest BCUT2D eigenvalue weighted by molar-refractivity contribution is 5.88. The zero-order valence-corrected chi connectivity index (χ0v) is 16.9.